The van der Waals surface area contributed by atoms with E-state index in [9.17, 15) is 4.39 Å². The Kier molecular flexibility index (Phi) is 2.85. The van der Waals surface area contributed by atoms with Gasteiger partial charge in [0.25, 0.3) is 0 Å². The van der Waals surface area contributed by atoms with E-state index in [0.717, 1.165) is 0 Å². The predicted molar refractivity (Wildman–Crippen MR) is 44.4 cm³/mol. The Balaban J connectivity index is 2.86. The Bertz CT molecular complexity index is 239. The van der Waals surface area contributed by atoms with Gasteiger partial charge in [-0.2, -0.15) is 0 Å². The maximum atomic E-state index is 12.9. The highest BCUT2D eigenvalue weighted by Gasteiger charge is 2.05. The van der Waals surface area contributed by atoms with Crippen LogP contribution in [0.2, 0.25) is 5.02 Å². The van der Waals surface area contributed by atoms with Gasteiger partial charge in [-0.05, 0) is 17.7 Å². The molecule has 0 fully saturated rings. The lowest BCUT2D eigenvalue weighted by molar-refractivity contribution is 0.353. The Hall–Kier alpha value is -0.600. The molecule has 1 nitrogen and oxygen atoms in total. The van der Waals surface area contributed by atoms with Crippen LogP contribution >= 0.6 is 11.6 Å². The molecule has 1 rings (SSSR count). The van der Waals surface area contributed by atoms with Crippen LogP contribution in [-0.2, 0) is 0 Å². The fourth-order valence-corrected chi connectivity index (χ4v) is 1.04. The number of halogens is 2. The van der Waals surface area contributed by atoms with Gasteiger partial charge in [0, 0.05) is 11.6 Å². The summed E-state index contributed by atoms with van der Waals surface area (Å²) in [5.41, 5.74) is 5.68. The highest BCUT2D eigenvalue weighted by Crippen LogP contribution is 2.19. The van der Waals surface area contributed by atoms with Crippen molar-refractivity contribution in [2.24, 2.45) is 5.73 Å². The summed E-state index contributed by atoms with van der Waals surface area (Å²) in [6.07, 6.45) is -1.10. The third-order valence-corrected chi connectivity index (χ3v) is 1.65. The van der Waals surface area contributed by atoms with E-state index in [1.54, 1.807) is 24.3 Å². The predicted octanol–water partition coefficient (Wildman–Crippen LogP) is 2.31. The van der Waals surface area contributed by atoms with Gasteiger partial charge in [-0.3, -0.25) is 0 Å². The van der Waals surface area contributed by atoms with Crippen molar-refractivity contribution in [3.8, 4) is 0 Å². The summed E-state index contributed by atoms with van der Waals surface area (Å²) < 4.78 is 12.9. The Morgan fingerprint density at radius 1 is 1.55 bits per heavy atom. The van der Waals surface area contributed by atoms with E-state index in [1.807, 2.05) is 0 Å². The average Bonchev–Trinajstić information content (AvgIpc) is 2.03. The van der Waals surface area contributed by atoms with Crippen LogP contribution < -0.4 is 5.73 Å². The summed E-state index contributed by atoms with van der Waals surface area (Å²) in [7, 11) is 0. The minimum absolute atomic E-state index is 0.000340. The summed E-state index contributed by atoms with van der Waals surface area (Å²) in [6.45, 7) is 0.000340. The van der Waals surface area contributed by atoms with Crippen molar-refractivity contribution in [3.05, 3.63) is 34.9 Å². The molecule has 0 aromatic heterocycles. The van der Waals surface area contributed by atoms with Crippen molar-refractivity contribution < 1.29 is 4.39 Å². The second kappa shape index (κ2) is 3.69. The lowest BCUT2D eigenvalue weighted by Gasteiger charge is -2.04. The molecular weight excluding hydrogens is 165 g/mol. The van der Waals surface area contributed by atoms with Crippen molar-refractivity contribution in [3.63, 3.8) is 0 Å². The molecule has 1 aromatic carbocycles. The zero-order chi connectivity index (χ0) is 8.27. The third kappa shape index (κ3) is 2.17. The highest BCUT2D eigenvalue weighted by molar-refractivity contribution is 6.30. The maximum absolute atomic E-state index is 12.9. The van der Waals surface area contributed by atoms with E-state index in [0.29, 0.717) is 10.6 Å². The van der Waals surface area contributed by atoms with Gasteiger partial charge < -0.3 is 5.73 Å². The van der Waals surface area contributed by atoms with E-state index in [-0.39, 0.29) is 6.54 Å². The van der Waals surface area contributed by atoms with Crippen molar-refractivity contribution in [2.45, 2.75) is 6.17 Å². The molecule has 0 radical (unpaired) electrons. The molecule has 0 aliphatic rings. The molecule has 0 heterocycles. The second-order valence-electron chi connectivity index (χ2n) is 2.26. The van der Waals surface area contributed by atoms with Crippen LogP contribution in [0.3, 0.4) is 0 Å². The highest BCUT2D eigenvalue weighted by atomic mass is 35.5. The molecule has 2 N–H and O–H groups in total. The molecule has 0 bridgehead atoms. The van der Waals surface area contributed by atoms with Crippen LogP contribution in [0.1, 0.15) is 11.7 Å². The van der Waals surface area contributed by atoms with Gasteiger partial charge in [0.2, 0.25) is 0 Å². The van der Waals surface area contributed by atoms with Crippen LogP contribution in [0.15, 0.2) is 24.3 Å². The Morgan fingerprint density at radius 3 is 2.82 bits per heavy atom. The molecule has 0 unspecified atom stereocenters. The number of alkyl halides is 1. The maximum Gasteiger partial charge on any atom is 0.137 e. The van der Waals surface area contributed by atoms with Crippen molar-refractivity contribution in [1.29, 1.82) is 0 Å². The number of hydrogen-bond donors (Lipinski definition) is 1. The number of benzene rings is 1. The molecule has 3 heteroatoms. The molecule has 1 aromatic rings. The summed E-state index contributed by atoms with van der Waals surface area (Å²) in [4.78, 5) is 0. The van der Waals surface area contributed by atoms with Crippen molar-refractivity contribution in [2.75, 3.05) is 6.54 Å². The number of nitrogens with two attached hydrogens (primary N) is 1. The monoisotopic (exact) mass is 173 g/mol. The first-order chi connectivity index (χ1) is 5.24. The third-order valence-electron chi connectivity index (χ3n) is 1.42. The molecule has 0 saturated carbocycles. The fourth-order valence-electron chi connectivity index (χ4n) is 0.838. The zero-order valence-electron chi connectivity index (χ0n) is 5.93. The molecule has 0 aliphatic heterocycles. The molecule has 1 atom stereocenters. The Morgan fingerprint density at radius 2 is 2.27 bits per heavy atom. The normalized spacial score (nSPS) is 13.0. The molecule has 60 valence electrons. The van der Waals surface area contributed by atoms with Crippen molar-refractivity contribution in [1.82, 2.24) is 0 Å². The summed E-state index contributed by atoms with van der Waals surface area (Å²) in [6, 6.07) is 6.66. The van der Waals surface area contributed by atoms with Gasteiger partial charge in [-0.1, -0.05) is 23.7 Å². The van der Waals surface area contributed by atoms with E-state index in [4.69, 9.17) is 17.3 Å². The number of hydrogen-bond acceptors (Lipinski definition) is 1. The van der Waals surface area contributed by atoms with Crippen LogP contribution in [0.5, 0.6) is 0 Å². The van der Waals surface area contributed by atoms with E-state index >= 15 is 0 Å². The van der Waals surface area contributed by atoms with Crippen LogP contribution in [0.25, 0.3) is 0 Å². The lowest BCUT2D eigenvalue weighted by Crippen LogP contribution is -2.07. The number of rotatable bonds is 2. The first-order valence-corrected chi connectivity index (χ1v) is 3.71. The molecule has 0 saturated heterocycles. The van der Waals surface area contributed by atoms with Gasteiger partial charge in [0.1, 0.15) is 6.17 Å². The molecule has 0 spiro atoms. The average molecular weight is 174 g/mol. The summed E-state index contributed by atoms with van der Waals surface area (Å²) in [5.74, 6) is 0. The quantitative estimate of drug-likeness (QED) is 0.730. The fraction of sp³-hybridized carbons (Fsp3) is 0.250. The minimum Gasteiger partial charge on any atom is -0.327 e. The first kappa shape index (κ1) is 8.50. The van der Waals surface area contributed by atoms with Gasteiger partial charge in [-0.15, -0.1) is 0 Å². The standard InChI is InChI=1S/C8H9ClFN/c9-7-3-1-2-6(4-7)8(10)5-11/h1-4,8H,5,11H2/t8-/m1/s1. The van der Waals surface area contributed by atoms with Crippen LogP contribution in [-0.4, -0.2) is 6.54 Å². The first-order valence-electron chi connectivity index (χ1n) is 3.33. The van der Waals surface area contributed by atoms with Gasteiger partial charge in [0.05, 0.1) is 0 Å². The SMILES string of the molecule is NC[C@@H](F)c1cccc(Cl)c1. The smallest absolute Gasteiger partial charge is 0.137 e. The van der Waals surface area contributed by atoms with E-state index < -0.39 is 6.17 Å². The van der Waals surface area contributed by atoms with Gasteiger partial charge in [-0.25, -0.2) is 4.39 Å². The summed E-state index contributed by atoms with van der Waals surface area (Å²) >= 11 is 5.64. The molecule has 11 heavy (non-hydrogen) atoms. The topological polar surface area (TPSA) is 26.0 Å². The van der Waals surface area contributed by atoms with Crippen LogP contribution in [0, 0.1) is 0 Å². The van der Waals surface area contributed by atoms with E-state index in [1.165, 1.54) is 0 Å². The summed E-state index contributed by atoms with van der Waals surface area (Å²) in [5, 5.41) is 0.540. The zero-order valence-corrected chi connectivity index (χ0v) is 6.68. The van der Waals surface area contributed by atoms with E-state index in [2.05, 4.69) is 0 Å². The second-order valence-corrected chi connectivity index (χ2v) is 2.69. The molecular formula is C8H9ClFN. The molecule has 0 aliphatic carbocycles. The van der Waals surface area contributed by atoms with Crippen LogP contribution in [0.4, 0.5) is 4.39 Å². The molecule has 0 amide bonds. The minimum atomic E-state index is -1.10. The van der Waals surface area contributed by atoms with Gasteiger partial charge in [0.15, 0.2) is 0 Å². The van der Waals surface area contributed by atoms with Crippen molar-refractivity contribution >= 4 is 11.6 Å². The lowest BCUT2D eigenvalue weighted by atomic mass is 10.1. The Labute approximate surface area is 70.0 Å². The largest absolute Gasteiger partial charge is 0.327 e. The van der Waals surface area contributed by atoms with Gasteiger partial charge >= 0.3 is 0 Å².